The number of methoxy groups -OCH3 is 1. The van der Waals surface area contributed by atoms with Crippen LogP contribution in [-0.4, -0.2) is 26.2 Å². The van der Waals surface area contributed by atoms with Crippen molar-refractivity contribution >= 4 is 17.3 Å². The van der Waals surface area contributed by atoms with Gasteiger partial charge in [-0.1, -0.05) is 13.5 Å². The molecular weight excluding hydrogens is 204 g/mol. The molecule has 4 nitrogen and oxygen atoms in total. The van der Waals surface area contributed by atoms with Crippen LogP contribution in [-0.2, 0) is 16.0 Å². The van der Waals surface area contributed by atoms with Gasteiger partial charge in [0.05, 0.1) is 0 Å². The van der Waals surface area contributed by atoms with Gasteiger partial charge < -0.3 is 15.4 Å². The van der Waals surface area contributed by atoms with E-state index in [-0.39, 0.29) is 19.9 Å². The van der Waals surface area contributed by atoms with Crippen molar-refractivity contribution in [3.8, 4) is 0 Å². The number of ether oxygens (including phenoxy) is 1. The van der Waals surface area contributed by atoms with Crippen molar-refractivity contribution in [3.63, 3.8) is 0 Å². The first-order chi connectivity index (χ1) is 7.22. The molecule has 1 aromatic rings. The number of nitrogens with two attached hydrogens (primary N) is 1. The minimum absolute atomic E-state index is 0. The minimum Gasteiger partial charge on any atom is -0.399 e. The first-order valence-corrected chi connectivity index (χ1v) is 4.90. The van der Waals surface area contributed by atoms with E-state index in [0.29, 0.717) is 5.69 Å². The van der Waals surface area contributed by atoms with E-state index in [0.717, 1.165) is 18.7 Å². The average Bonchev–Trinajstić information content (AvgIpc) is 2.60. The van der Waals surface area contributed by atoms with Crippen LogP contribution in [0.4, 0.5) is 11.4 Å². The normalized spacial score (nSPS) is 13.2. The Labute approximate surface area is 96.0 Å². The zero-order chi connectivity index (χ0) is 10.8. The SMILES string of the molecule is C.COCC(=O)N1CCc2ccc(N)cc21. The van der Waals surface area contributed by atoms with Crippen LogP contribution in [0.3, 0.4) is 0 Å². The molecule has 0 unspecified atom stereocenters. The topological polar surface area (TPSA) is 55.6 Å². The van der Waals surface area contributed by atoms with Crippen molar-refractivity contribution in [1.82, 2.24) is 0 Å². The molecule has 0 radical (unpaired) electrons. The summed E-state index contributed by atoms with van der Waals surface area (Å²) in [5.41, 5.74) is 8.49. The molecule has 1 aliphatic rings. The molecule has 1 aliphatic heterocycles. The number of fused-ring (bicyclic) bond motifs is 1. The zero-order valence-corrected chi connectivity index (χ0v) is 8.69. The molecular formula is C12H18N2O2. The fourth-order valence-electron chi connectivity index (χ4n) is 1.86. The number of rotatable bonds is 2. The lowest BCUT2D eigenvalue weighted by Crippen LogP contribution is -2.32. The summed E-state index contributed by atoms with van der Waals surface area (Å²) in [5, 5.41) is 0. The maximum Gasteiger partial charge on any atom is 0.252 e. The monoisotopic (exact) mass is 222 g/mol. The van der Waals surface area contributed by atoms with Crippen LogP contribution in [0.2, 0.25) is 0 Å². The van der Waals surface area contributed by atoms with E-state index in [4.69, 9.17) is 10.5 Å². The van der Waals surface area contributed by atoms with E-state index in [1.54, 1.807) is 4.90 Å². The second kappa shape index (κ2) is 4.99. The van der Waals surface area contributed by atoms with Gasteiger partial charge in [0.25, 0.3) is 5.91 Å². The molecule has 88 valence electrons. The van der Waals surface area contributed by atoms with E-state index in [1.807, 2.05) is 18.2 Å². The van der Waals surface area contributed by atoms with Crippen LogP contribution in [0.15, 0.2) is 18.2 Å². The number of carbonyl (C=O) groups excluding carboxylic acids is 1. The summed E-state index contributed by atoms with van der Waals surface area (Å²) in [7, 11) is 1.52. The molecule has 2 N–H and O–H groups in total. The standard InChI is InChI=1S/C11H14N2O2.CH4/c1-15-7-11(14)13-5-4-8-2-3-9(12)6-10(8)13;/h2-3,6H,4-5,7,12H2,1H3;1H4. The summed E-state index contributed by atoms with van der Waals surface area (Å²) in [4.78, 5) is 13.4. The molecule has 0 spiro atoms. The Morgan fingerprint density at radius 1 is 1.56 bits per heavy atom. The summed E-state index contributed by atoms with van der Waals surface area (Å²) in [6.07, 6.45) is 0.894. The number of carbonyl (C=O) groups is 1. The van der Waals surface area contributed by atoms with Crippen molar-refractivity contribution in [2.24, 2.45) is 0 Å². The number of hydrogen-bond acceptors (Lipinski definition) is 3. The van der Waals surface area contributed by atoms with Crippen molar-refractivity contribution in [2.75, 3.05) is 30.9 Å². The lowest BCUT2D eigenvalue weighted by atomic mass is 10.1. The molecule has 16 heavy (non-hydrogen) atoms. The Kier molecular flexibility index (Phi) is 3.90. The Morgan fingerprint density at radius 2 is 2.31 bits per heavy atom. The van der Waals surface area contributed by atoms with Gasteiger partial charge in [-0.3, -0.25) is 4.79 Å². The highest BCUT2D eigenvalue weighted by molar-refractivity contribution is 5.96. The van der Waals surface area contributed by atoms with Crippen LogP contribution in [0.5, 0.6) is 0 Å². The van der Waals surface area contributed by atoms with Gasteiger partial charge in [-0.2, -0.15) is 0 Å². The number of nitrogen functional groups attached to an aromatic ring is 1. The largest absolute Gasteiger partial charge is 0.399 e. The van der Waals surface area contributed by atoms with Crippen LogP contribution in [0.1, 0.15) is 13.0 Å². The van der Waals surface area contributed by atoms with Crippen LogP contribution >= 0.6 is 0 Å². The predicted octanol–water partition coefficient (Wildman–Crippen LogP) is 1.44. The number of nitrogens with zero attached hydrogens (tertiary/aromatic N) is 1. The molecule has 0 saturated carbocycles. The molecule has 0 fully saturated rings. The molecule has 0 aromatic heterocycles. The molecule has 1 heterocycles. The zero-order valence-electron chi connectivity index (χ0n) is 8.69. The fourth-order valence-corrected chi connectivity index (χ4v) is 1.86. The summed E-state index contributed by atoms with van der Waals surface area (Å²) < 4.78 is 4.84. The lowest BCUT2D eigenvalue weighted by molar-refractivity contribution is -0.122. The Bertz CT molecular complexity index is 391. The Hall–Kier alpha value is -1.55. The van der Waals surface area contributed by atoms with E-state index >= 15 is 0 Å². The second-order valence-electron chi connectivity index (χ2n) is 3.62. The van der Waals surface area contributed by atoms with Gasteiger partial charge in [-0.05, 0) is 24.1 Å². The first kappa shape index (κ1) is 12.5. The predicted molar refractivity (Wildman–Crippen MR) is 65.5 cm³/mol. The van der Waals surface area contributed by atoms with Gasteiger partial charge >= 0.3 is 0 Å². The first-order valence-electron chi connectivity index (χ1n) is 4.90. The number of amides is 1. The van der Waals surface area contributed by atoms with Crippen molar-refractivity contribution < 1.29 is 9.53 Å². The van der Waals surface area contributed by atoms with Crippen LogP contribution in [0, 0.1) is 0 Å². The quantitative estimate of drug-likeness (QED) is 0.770. The van der Waals surface area contributed by atoms with Gasteiger partial charge in [-0.15, -0.1) is 0 Å². The second-order valence-corrected chi connectivity index (χ2v) is 3.62. The van der Waals surface area contributed by atoms with E-state index < -0.39 is 0 Å². The molecule has 1 amide bonds. The van der Waals surface area contributed by atoms with E-state index in [9.17, 15) is 4.79 Å². The van der Waals surface area contributed by atoms with Gasteiger partial charge in [0, 0.05) is 25.0 Å². The van der Waals surface area contributed by atoms with E-state index in [2.05, 4.69) is 0 Å². The molecule has 1 aromatic carbocycles. The number of benzene rings is 1. The maximum atomic E-state index is 11.7. The van der Waals surface area contributed by atoms with Gasteiger partial charge in [0.15, 0.2) is 0 Å². The maximum absolute atomic E-state index is 11.7. The summed E-state index contributed by atoms with van der Waals surface area (Å²) >= 11 is 0. The van der Waals surface area contributed by atoms with Crippen LogP contribution < -0.4 is 10.6 Å². The highest BCUT2D eigenvalue weighted by Crippen LogP contribution is 2.29. The Balaban J connectivity index is 0.00000128. The third-order valence-electron chi connectivity index (χ3n) is 2.57. The summed E-state index contributed by atoms with van der Waals surface area (Å²) in [5.74, 6) is -0.0122. The number of hydrogen-bond donors (Lipinski definition) is 1. The minimum atomic E-state index is -0.0122. The van der Waals surface area contributed by atoms with Crippen molar-refractivity contribution in [1.29, 1.82) is 0 Å². The third kappa shape index (κ3) is 2.17. The van der Waals surface area contributed by atoms with Gasteiger partial charge in [0.2, 0.25) is 0 Å². The van der Waals surface area contributed by atoms with Gasteiger partial charge in [0.1, 0.15) is 6.61 Å². The van der Waals surface area contributed by atoms with E-state index in [1.165, 1.54) is 12.7 Å². The highest BCUT2D eigenvalue weighted by Gasteiger charge is 2.24. The molecule has 2 rings (SSSR count). The molecule has 0 saturated heterocycles. The van der Waals surface area contributed by atoms with Gasteiger partial charge in [-0.25, -0.2) is 0 Å². The molecule has 0 aliphatic carbocycles. The molecule has 0 bridgehead atoms. The third-order valence-corrected chi connectivity index (χ3v) is 2.57. The smallest absolute Gasteiger partial charge is 0.252 e. The lowest BCUT2D eigenvalue weighted by Gasteiger charge is -2.16. The number of anilines is 2. The summed E-state index contributed by atoms with van der Waals surface area (Å²) in [6, 6.07) is 5.68. The summed E-state index contributed by atoms with van der Waals surface area (Å²) in [6.45, 7) is 0.842. The Morgan fingerprint density at radius 3 is 3.00 bits per heavy atom. The fraction of sp³-hybridized carbons (Fsp3) is 0.417. The molecule has 4 heteroatoms. The molecule has 0 atom stereocenters. The van der Waals surface area contributed by atoms with Crippen molar-refractivity contribution in [2.45, 2.75) is 13.8 Å². The highest BCUT2D eigenvalue weighted by atomic mass is 16.5. The average molecular weight is 222 g/mol. The van der Waals surface area contributed by atoms with Crippen LogP contribution in [0.25, 0.3) is 0 Å². The van der Waals surface area contributed by atoms with Crippen molar-refractivity contribution in [3.05, 3.63) is 23.8 Å².